The van der Waals surface area contributed by atoms with E-state index in [1.54, 1.807) is 30.3 Å². The Balaban J connectivity index is 2.16. The summed E-state index contributed by atoms with van der Waals surface area (Å²) in [5, 5.41) is 0.829. The van der Waals surface area contributed by atoms with Gasteiger partial charge in [-0.3, -0.25) is 0 Å². The molecule has 0 atom stereocenters. The number of hydrogen-bond donors (Lipinski definition) is 0. The average Bonchev–Trinajstić information content (AvgIpc) is 2.02. The third kappa shape index (κ3) is 1.27. The topological polar surface area (TPSA) is 55.8 Å². The van der Waals surface area contributed by atoms with Gasteiger partial charge in [-0.25, -0.2) is 0 Å². The van der Waals surface area contributed by atoms with E-state index in [9.17, 15) is 8.42 Å². The third-order valence-electron chi connectivity index (χ3n) is 1.28. The lowest BCUT2D eigenvalue weighted by atomic mass is 10.3. The van der Waals surface area contributed by atoms with Crippen molar-refractivity contribution in [3.05, 3.63) is 30.3 Å². The van der Waals surface area contributed by atoms with Gasteiger partial charge in [0.1, 0.15) is 0 Å². The molecular formula is C6H5NO4S. The molecule has 0 aliphatic carbocycles. The molecule has 6 heteroatoms. The summed E-state index contributed by atoms with van der Waals surface area (Å²) in [6, 6.07) is 8.61. The van der Waals surface area contributed by atoms with Crippen LogP contribution in [-0.4, -0.2) is 8.42 Å². The summed E-state index contributed by atoms with van der Waals surface area (Å²) in [5.74, 6) is 0. The average molecular weight is 187 g/mol. The van der Waals surface area contributed by atoms with Gasteiger partial charge >= 0.3 is 10.4 Å². The monoisotopic (exact) mass is 187 g/mol. The quantitative estimate of drug-likeness (QED) is 0.644. The van der Waals surface area contributed by atoms with Gasteiger partial charge in [-0.1, -0.05) is 32.0 Å². The lowest BCUT2D eigenvalue weighted by Crippen LogP contribution is -2.41. The van der Waals surface area contributed by atoms with Crippen LogP contribution in [0.3, 0.4) is 0 Å². The molecule has 1 aliphatic rings. The van der Waals surface area contributed by atoms with E-state index in [1.807, 2.05) is 0 Å². The van der Waals surface area contributed by atoms with Crippen LogP contribution < -0.4 is 5.23 Å². The van der Waals surface area contributed by atoms with Crippen molar-refractivity contribution in [1.29, 1.82) is 0 Å². The summed E-state index contributed by atoms with van der Waals surface area (Å²) < 4.78 is 29.4. The molecule has 0 saturated carbocycles. The highest BCUT2D eigenvalue weighted by atomic mass is 32.3. The van der Waals surface area contributed by atoms with Gasteiger partial charge in [0.05, 0.1) is 5.69 Å². The van der Waals surface area contributed by atoms with Gasteiger partial charge < -0.3 is 0 Å². The fraction of sp³-hybridized carbons (Fsp3) is 0. The first-order valence-electron chi connectivity index (χ1n) is 3.17. The predicted molar refractivity (Wildman–Crippen MR) is 40.0 cm³/mol. The molecule has 0 amide bonds. The van der Waals surface area contributed by atoms with E-state index in [1.165, 1.54) is 0 Å². The Labute approximate surface area is 69.4 Å². The van der Waals surface area contributed by atoms with Gasteiger partial charge in [-0.2, -0.15) is 8.42 Å². The van der Waals surface area contributed by atoms with Gasteiger partial charge in [0.2, 0.25) is 0 Å². The highest BCUT2D eigenvalue weighted by Crippen LogP contribution is 2.24. The van der Waals surface area contributed by atoms with Gasteiger partial charge in [0, 0.05) is 0 Å². The number of benzene rings is 1. The zero-order valence-electron chi connectivity index (χ0n) is 5.88. The molecule has 0 bridgehead atoms. The Bertz CT molecular complexity index is 362. The molecule has 1 aromatic rings. The van der Waals surface area contributed by atoms with Crippen LogP contribution in [0.2, 0.25) is 0 Å². The zero-order valence-corrected chi connectivity index (χ0v) is 6.69. The van der Waals surface area contributed by atoms with E-state index in [2.05, 4.69) is 8.57 Å². The molecule has 2 rings (SSSR count). The summed E-state index contributed by atoms with van der Waals surface area (Å²) in [7, 11) is -3.75. The molecule has 1 heterocycles. The van der Waals surface area contributed by atoms with E-state index in [4.69, 9.17) is 0 Å². The molecule has 0 N–H and O–H groups in total. The van der Waals surface area contributed by atoms with E-state index in [0.717, 1.165) is 5.23 Å². The molecule has 1 saturated heterocycles. The van der Waals surface area contributed by atoms with Crippen molar-refractivity contribution in [3.63, 3.8) is 0 Å². The molecule has 1 aliphatic heterocycles. The first-order valence-corrected chi connectivity index (χ1v) is 4.50. The minimum atomic E-state index is -3.75. The summed E-state index contributed by atoms with van der Waals surface area (Å²) >= 11 is 0. The molecule has 0 radical (unpaired) electrons. The smallest absolute Gasteiger partial charge is 0.165 e. The number of anilines is 1. The van der Waals surface area contributed by atoms with Crippen LogP contribution in [0.5, 0.6) is 0 Å². The lowest BCUT2D eigenvalue weighted by Gasteiger charge is -2.27. The highest BCUT2D eigenvalue weighted by Gasteiger charge is 2.35. The standard InChI is InChI=1S/C6H5NO4S/c8-12(9)10-7(11-12)6-4-2-1-3-5-6/h1-5H. The van der Waals surface area contributed by atoms with Crippen molar-refractivity contribution in [2.75, 3.05) is 5.23 Å². The first-order chi connectivity index (χ1) is 5.67. The van der Waals surface area contributed by atoms with Crippen molar-refractivity contribution in [1.82, 2.24) is 0 Å². The Kier molecular flexibility index (Phi) is 1.53. The van der Waals surface area contributed by atoms with Gasteiger partial charge in [-0.15, -0.1) is 0 Å². The van der Waals surface area contributed by atoms with Gasteiger partial charge in [0.15, 0.2) is 0 Å². The lowest BCUT2D eigenvalue weighted by molar-refractivity contribution is -0.0188. The second-order valence-electron chi connectivity index (χ2n) is 2.15. The Hall–Kier alpha value is -1.11. The largest absolute Gasteiger partial charge is 0.446 e. The number of nitrogens with zero attached hydrogens (tertiary/aromatic N) is 1. The zero-order chi connectivity index (χ0) is 8.60. The third-order valence-corrected chi connectivity index (χ3v) is 1.92. The van der Waals surface area contributed by atoms with Crippen LogP contribution in [-0.2, 0) is 19.0 Å². The number of rotatable bonds is 1. The number of hydrogen-bond acceptors (Lipinski definition) is 5. The Morgan fingerprint density at radius 3 is 2.17 bits per heavy atom. The Morgan fingerprint density at radius 1 is 1.08 bits per heavy atom. The fourth-order valence-electron chi connectivity index (χ4n) is 0.807. The van der Waals surface area contributed by atoms with Crippen LogP contribution in [0.25, 0.3) is 0 Å². The van der Waals surface area contributed by atoms with E-state index in [0.29, 0.717) is 5.69 Å². The van der Waals surface area contributed by atoms with Crippen molar-refractivity contribution in [3.8, 4) is 0 Å². The minimum Gasteiger partial charge on any atom is -0.165 e. The van der Waals surface area contributed by atoms with Gasteiger partial charge in [-0.05, 0) is 12.1 Å². The summed E-state index contributed by atoms with van der Waals surface area (Å²) in [6.07, 6.45) is 0. The van der Waals surface area contributed by atoms with Gasteiger partial charge in [0.25, 0.3) is 0 Å². The second-order valence-corrected chi connectivity index (χ2v) is 3.26. The number of para-hydroxylation sites is 1. The van der Waals surface area contributed by atoms with Crippen LogP contribution in [0.1, 0.15) is 0 Å². The van der Waals surface area contributed by atoms with Crippen molar-refractivity contribution >= 4 is 16.1 Å². The molecule has 5 nitrogen and oxygen atoms in total. The molecule has 0 spiro atoms. The maximum atomic E-state index is 10.4. The Morgan fingerprint density at radius 2 is 1.67 bits per heavy atom. The highest BCUT2D eigenvalue weighted by molar-refractivity contribution is 7.82. The normalized spacial score (nSPS) is 20.2. The summed E-state index contributed by atoms with van der Waals surface area (Å²) in [6.45, 7) is 0. The molecule has 12 heavy (non-hydrogen) atoms. The van der Waals surface area contributed by atoms with Crippen LogP contribution in [0.15, 0.2) is 30.3 Å². The predicted octanol–water partition coefficient (Wildman–Crippen LogP) is 0.615. The molecule has 0 unspecified atom stereocenters. The molecule has 1 aromatic carbocycles. The van der Waals surface area contributed by atoms with E-state index >= 15 is 0 Å². The molecule has 0 aromatic heterocycles. The molecule has 64 valence electrons. The fourth-order valence-corrected chi connectivity index (χ4v) is 1.32. The van der Waals surface area contributed by atoms with Crippen LogP contribution in [0, 0.1) is 0 Å². The second kappa shape index (κ2) is 2.44. The van der Waals surface area contributed by atoms with Crippen molar-refractivity contribution < 1.29 is 17.0 Å². The molecular weight excluding hydrogens is 182 g/mol. The maximum absolute atomic E-state index is 10.4. The van der Waals surface area contributed by atoms with E-state index in [-0.39, 0.29) is 0 Å². The summed E-state index contributed by atoms with van der Waals surface area (Å²) in [5.41, 5.74) is 0.535. The maximum Gasteiger partial charge on any atom is 0.446 e. The van der Waals surface area contributed by atoms with Crippen LogP contribution in [0.4, 0.5) is 5.69 Å². The summed E-state index contributed by atoms with van der Waals surface area (Å²) in [4.78, 5) is 0. The van der Waals surface area contributed by atoms with Crippen molar-refractivity contribution in [2.45, 2.75) is 0 Å². The van der Waals surface area contributed by atoms with E-state index < -0.39 is 10.4 Å². The minimum absolute atomic E-state index is 0.535. The SMILES string of the molecule is O=S1(=O)ON(c2ccccc2)O1. The van der Waals surface area contributed by atoms with Crippen molar-refractivity contribution in [2.24, 2.45) is 0 Å². The first kappa shape index (κ1) is 7.53. The van der Waals surface area contributed by atoms with Crippen LogP contribution >= 0.6 is 0 Å². The molecule has 1 fully saturated rings.